The van der Waals surface area contributed by atoms with Gasteiger partial charge >= 0.3 is 21.1 Å². The second kappa shape index (κ2) is 8.83. The molecule has 0 unspecified atom stereocenters. The summed E-state index contributed by atoms with van der Waals surface area (Å²) in [5, 5.41) is 0. The van der Waals surface area contributed by atoms with Crippen LogP contribution in [-0.4, -0.2) is 24.2 Å². The average Bonchev–Trinajstić information content (AvgIpc) is 3.23. The summed E-state index contributed by atoms with van der Waals surface area (Å²) in [5.41, 5.74) is 1.81. The number of nitrogens with zero attached hydrogens (tertiary/aromatic N) is 4. The fraction of sp³-hybridized carbons (Fsp3) is 0.273. The van der Waals surface area contributed by atoms with Crippen LogP contribution in [0.1, 0.15) is 31.0 Å². The fourth-order valence-corrected chi connectivity index (χ4v) is 5.33. The smallest absolute Gasteiger partial charge is 0.346 e. The Morgan fingerprint density at radius 3 is 2.27 bits per heavy atom. The molecular weight excluding hydrogens is 464 g/mol. The molecule has 172 valence electrons. The van der Waals surface area contributed by atoms with Gasteiger partial charge in [-0.3, -0.25) is 9.59 Å². The molecular formula is C22H22N4O5S2. The lowest BCUT2D eigenvalue weighted by atomic mass is 10.1. The van der Waals surface area contributed by atoms with Gasteiger partial charge in [-0.1, -0.05) is 18.2 Å². The Morgan fingerprint density at radius 1 is 0.909 bits per heavy atom. The summed E-state index contributed by atoms with van der Waals surface area (Å²) in [7, 11) is 1.53. The molecule has 0 saturated heterocycles. The van der Waals surface area contributed by atoms with Crippen LogP contribution in [0.2, 0.25) is 0 Å². The van der Waals surface area contributed by atoms with Crippen molar-refractivity contribution in [2.45, 2.75) is 33.4 Å². The average molecular weight is 487 g/mol. The third-order valence-corrected chi connectivity index (χ3v) is 6.98. The van der Waals surface area contributed by atoms with E-state index in [1.54, 1.807) is 50.2 Å². The van der Waals surface area contributed by atoms with E-state index in [9.17, 15) is 19.2 Å². The first-order chi connectivity index (χ1) is 15.7. The van der Waals surface area contributed by atoms with E-state index in [1.165, 1.54) is 24.2 Å². The summed E-state index contributed by atoms with van der Waals surface area (Å²) in [6, 6.07) is 12.0. The standard InChI is InChI=1S/C22H22N4O5S2/c1-13(2)24-20(28)26(33-22(24)30)18-9-8-15(10-14(18)3)12-23-19(27)25(32-21(23)29)16-6-5-7-17(11-16)31-4/h5-11,13H,12H2,1-4H3. The van der Waals surface area contributed by atoms with Gasteiger partial charge in [-0.15, -0.1) is 0 Å². The molecule has 2 heterocycles. The minimum atomic E-state index is -0.441. The van der Waals surface area contributed by atoms with Crippen molar-refractivity contribution in [3.63, 3.8) is 0 Å². The van der Waals surface area contributed by atoms with Crippen LogP contribution in [0, 0.1) is 6.92 Å². The first-order valence-electron chi connectivity index (χ1n) is 10.1. The molecule has 0 fully saturated rings. The molecule has 2 aromatic heterocycles. The maximum atomic E-state index is 12.9. The quantitative estimate of drug-likeness (QED) is 0.417. The molecule has 0 spiro atoms. The number of benzene rings is 2. The highest BCUT2D eigenvalue weighted by molar-refractivity contribution is 7.04. The summed E-state index contributed by atoms with van der Waals surface area (Å²) in [6.45, 7) is 5.48. The van der Waals surface area contributed by atoms with E-state index < -0.39 is 5.69 Å². The van der Waals surface area contributed by atoms with Crippen LogP contribution in [0.4, 0.5) is 0 Å². The highest BCUT2D eigenvalue weighted by atomic mass is 32.1. The van der Waals surface area contributed by atoms with Gasteiger partial charge in [0.15, 0.2) is 0 Å². The van der Waals surface area contributed by atoms with Crippen LogP contribution in [0.3, 0.4) is 0 Å². The largest absolute Gasteiger partial charge is 0.497 e. The Bertz CT molecular complexity index is 1560. The molecule has 0 bridgehead atoms. The van der Waals surface area contributed by atoms with Crippen molar-refractivity contribution >= 4 is 23.1 Å². The molecule has 0 aliphatic rings. The summed E-state index contributed by atoms with van der Waals surface area (Å²) in [5.74, 6) is 0.585. The monoisotopic (exact) mass is 486 g/mol. The van der Waals surface area contributed by atoms with E-state index >= 15 is 0 Å². The Kier molecular flexibility index (Phi) is 6.09. The molecule has 0 saturated carbocycles. The Labute approximate surface area is 196 Å². The van der Waals surface area contributed by atoms with E-state index in [-0.39, 0.29) is 28.0 Å². The maximum Gasteiger partial charge on any atom is 0.346 e. The van der Waals surface area contributed by atoms with E-state index in [0.29, 0.717) is 17.1 Å². The van der Waals surface area contributed by atoms with Crippen molar-refractivity contribution in [1.29, 1.82) is 0 Å². The van der Waals surface area contributed by atoms with Crippen molar-refractivity contribution in [2.75, 3.05) is 7.11 Å². The SMILES string of the molecule is COc1cccc(-n2sc(=O)n(Cc3ccc(-n4sc(=O)n(C(C)C)c4=O)c(C)c3)c2=O)c1. The normalized spacial score (nSPS) is 11.3. The van der Waals surface area contributed by atoms with E-state index in [1.807, 2.05) is 13.0 Å². The van der Waals surface area contributed by atoms with Gasteiger partial charge in [0.25, 0.3) is 0 Å². The van der Waals surface area contributed by atoms with Gasteiger partial charge in [-0.2, -0.15) is 0 Å². The number of ether oxygens (including phenoxy) is 1. The highest BCUT2D eigenvalue weighted by Crippen LogP contribution is 2.18. The predicted molar refractivity (Wildman–Crippen MR) is 129 cm³/mol. The van der Waals surface area contributed by atoms with Crippen LogP contribution in [-0.2, 0) is 6.54 Å². The lowest BCUT2D eigenvalue weighted by Gasteiger charge is -2.08. The van der Waals surface area contributed by atoms with Crippen LogP contribution >= 0.6 is 23.1 Å². The van der Waals surface area contributed by atoms with Crippen LogP contribution in [0.5, 0.6) is 5.75 Å². The Hall–Kier alpha value is -3.44. The molecule has 2 aromatic carbocycles. The molecule has 4 rings (SSSR count). The molecule has 0 aliphatic carbocycles. The van der Waals surface area contributed by atoms with Crippen molar-refractivity contribution in [1.82, 2.24) is 17.0 Å². The minimum absolute atomic E-state index is 0.0877. The molecule has 11 heteroatoms. The number of hydrogen-bond acceptors (Lipinski definition) is 7. The molecule has 9 nitrogen and oxygen atoms in total. The molecule has 0 N–H and O–H groups in total. The number of methoxy groups -OCH3 is 1. The van der Waals surface area contributed by atoms with Gasteiger partial charge in [-0.05, 0) is 50.1 Å². The van der Waals surface area contributed by atoms with E-state index in [2.05, 4.69) is 0 Å². The van der Waals surface area contributed by atoms with Crippen molar-refractivity contribution < 1.29 is 4.74 Å². The maximum absolute atomic E-state index is 12.9. The molecule has 0 radical (unpaired) electrons. The van der Waals surface area contributed by atoms with Gasteiger partial charge in [0, 0.05) is 35.2 Å². The number of aryl methyl sites for hydroxylation is 1. The van der Waals surface area contributed by atoms with Crippen LogP contribution < -0.4 is 25.9 Å². The molecule has 4 aromatic rings. The topological polar surface area (TPSA) is 97.2 Å². The lowest BCUT2D eigenvalue weighted by molar-refractivity contribution is 0.414. The number of aromatic nitrogens is 4. The fourth-order valence-electron chi connectivity index (χ4n) is 3.53. The summed E-state index contributed by atoms with van der Waals surface area (Å²) >= 11 is 1.67. The molecule has 0 atom stereocenters. The molecule has 0 aliphatic heterocycles. The van der Waals surface area contributed by atoms with Gasteiger partial charge in [0.2, 0.25) is 0 Å². The van der Waals surface area contributed by atoms with Crippen molar-refractivity contribution in [2.24, 2.45) is 0 Å². The number of rotatable bonds is 6. The Morgan fingerprint density at radius 2 is 1.64 bits per heavy atom. The number of hydrogen-bond donors (Lipinski definition) is 0. The third-order valence-electron chi connectivity index (χ3n) is 5.17. The van der Waals surface area contributed by atoms with Crippen LogP contribution in [0.15, 0.2) is 61.6 Å². The first kappa shape index (κ1) is 22.7. The molecule has 0 amide bonds. The zero-order valence-electron chi connectivity index (χ0n) is 18.5. The Balaban J connectivity index is 1.69. The summed E-state index contributed by atoms with van der Waals surface area (Å²) in [6.07, 6.45) is 0. The summed E-state index contributed by atoms with van der Waals surface area (Å²) in [4.78, 5) is 49.7. The molecule has 33 heavy (non-hydrogen) atoms. The van der Waals surface area contributed by atoms with Crippen molar-refractivity contribution in [3.05, 3.63) is 93.9 Å². The zero-order valence-corrected chi connectivity index (χ0v) is 20.1. The summed E-state index contributed by atoms with van der Waals surface area (Å²) < 4.78 is 10.3. The van der Waals surface area contributed by atoms with E-state index in [0.717, 1.165) is 34.2 Å². The first-order valence-corrected chi connectivity index (χ1v) is 11.7. The minimum Gasteiger partial charge on any atom is -0.497 e. The second-order valence-corrected chi connectivity index (χ2v) is 9.53. The second-order valence-electron chi connectivity index (χ2n) is 7.74. The van der Waals surface area contributed by atoms with Gasteiger partial charge in [0.1, 0.15) is 5.75 Å². The third kappa shape index (κ3) is 4.16. The van der Waals surface area contributed by atoms with Gasteiger partial charge in [-0.25, -0.2) is 26.6 Å². The lowest BCUT2D eigenvalue weighted by Crippen LogP contribution is -2.30. The highest BCUT2D eigenvalue weighted by Gasteiger charge is 2.17. The van der Waals surface area contributed by atoms with E-state index in [4.69, 9.17) is 4.74 Å². The zero-order chi connectivity index (χ0) is 23.9. The van der Waals surface area contributed by atoms with Gasteiger partial charge < -0.3 is 4.74 Å². The van der Waals surface area contributed by atoms with Crippen molar-refractivity contribution in [3.8, 4) is 17.1 Å². The predicted octanol–water partition coefficient (Wildman–Crippen LogP) is 2.38. The van der Waals surface area contributed by atoms with Gasteiger partial charge in [0.05, 0.1) is 25.0 Å². The van der Waals surface area contributed by atoms with Crippen LogP contribution in [0.25, 0.3) is 11.4 Å².